The van der Waals surface area contributed by atoms with Crippen LogP contribution in [-0.4, -0.2) is 82.9 Å². The molecule has 5 rings (SSSR count). The van der Waals surface area contributed by atoms with Crippen molar-refractivity contribution in [2.45, 2.75) is 155 Å². The summed E-state index contributed by atoms with van der Waals surface area (Å²) in [6.45, 7) is 13.1. The van der Waals surface area contributed by atoms with Crippen molar-refractivity contribution in [2.75, 3.05) is 13.7 Å². The molecule has 12 nitrogen and oxygen atoms in total. The zero-order valence-electron chi connectivity index (χ0n) is 32.4. The van der Waals surface area contributed by atoms with Crippen LogP contribution in [0.25, 0.3) is 0 Å². The number of nitrogens with one attached hydrogen (secondary N) is 3. The molecule has 2 aliphatic heterocycles. The van der Waals surface area contributed by atoms with Crippen molar-refractivity contribution < 1.29 is 33.5 Å². The Morgan fingerprint density at radius 3 is 2.25 bits per heavy atom. The summed E-state index contributed by atoms with van der Waals surface area (Å²) in [5, 5.41) is 13.2. The molecule has 4 amide bonds. The summed E-state index contributed by atoms with van der Waals surface area (Å²) in [5.74, 6) is -1.47. The summed E-state index contributed by atoms with van der Waals surface area (Å²) in [6.07, 6.45) is 8.62. The van der Waals surface area contributed by atoms with Gasteiger partial charge in [0.05, 0.1) is 19.4 Å². The average molecular weight is 722 g/mol. The Labute approximate surface area is 308 Å². The number of hydrogen-bond acceptors (Lipinski definition) is 8. The minimum Gasteiger partial charge on any atom is -0.496 e. The number of methoxy groups -OCH3 is 1. The second-order valence-corrected chi connectivity index (χ2v) is 17.0. The molecular weight excluding hydrogens is 662 g/mol. The molecule has 0 unspecified atom stereocenters. The first-order valence-electron chi connectivity index (χ1n) is 19.2. The van der Waals surface area contributed by atoms with Gasteiger partial charge in [-0.3, -0.25) is 24.0 Å². The average Bonchev–Trinajstić information content (AvgIpc) is 3.67. The number of carbonyl (C=O) groups excluding carboxylic acids is 5. The van der Waals surface area contributed by atoms with E-state index in [4.69, 9.17) is 9.57 Å². The van der Waals surface area contributed by atoms with Crippen LogP contribution in [0.3, 0.4) is 0 Å². The SMILES string of the molecule is CCC[C@](C)(NC(=O)[C@@H]1C[C@]2(CC(c3cc(C)c(OC)c(C)c3)=NO2)CN1C(=O)[C@@H](NC(=O)CC1CCCCC1)C(C)(C)C)C(=O)C(=O)NC1CC1. The highest BCUT2D eigenvalue weighted by Crippen LogP contribution is 2.41. The second kappa shape index (κ2) is 15.6. The number of Topliss-reactive ketones (excluding diaryl/α,β-unsaturated/α-hetero) is 1. The van der Waals surface area contributed by atoms with Crippen LogP contribution in [0.4, 0.5) is 0 Å². The number of aryl methyl sites for hydroxylation is 2. The highest BCUT2D eigenvalue weighted by Gasteiger charge is 2.56. The van der Waals surface area contributed by atoms with Crippen molar-refractivity contribution in [1.82, 2.24) is 20.9 Å². The van der Waals surface area contributed by atoms with Crippen LogP contribution in [0.1, 0.15) is 128 Å². The molecule has 1 aromatic rings. The van der Waals surface area contributed by atoms with E-state index in [9.17, 15) is 24.0 Å². The number of nitrogens with zero attached hydrogens (tertiary/aromatic N) is 2. The third-order valence-electron chi connectivity index (χ3n) is 11.2. The largest absolute Gasteiger partial charge is 0.496 e. The van der Waals surface area contributed by atoms with Crippen LogP contribution in [0.5, 0.6) is 5.75 Å². The van der Waals surface area contributed by atoms with Gasteiger partial charge >= 0.3 is 0 Å². The standard InChI is InChI=1S/C40H59N5O7/c1-9-17-39(7,34(47)36(49)41-28-15-16-28)43-35(48)30-22-40(21-29(44-52-40)27-18-24(2)32(51-8)25(3)19-27)23-45(30)37(50)33(38(4,5)6)42-31(46)20-26-13-11-10-12-14-26/h18-19,26,28,30,33H,9-17,20-23H2,1-8H3,(H,41,49)(H,42,46)(H,43,48)/t30-,33+,39-,40+/m0/s1. The maximum absolute atomic E-state index is 14.7. The number of hydrogen-bond donors (Lipinski definition) is 3. The van der Waals surface area contributed by atoms with E-state index in [1.807, 2.05) is 53.7 Å². The van der Waals surface area contributed by atoms with E-state index >= 15 is 0 Å². The summed E-state index contributed by atoms with van der Waals surface area (Å²) in [4.78, 5) is 76.8. The molecule has 0 radical (unpaired) electrons. The fraction of sp³-hybridized carbons (Fsp3) is 0.700. The van der Waals surface area contributed by atoms with Crippen LogP contribution < -0.4 is 20.7 Å². The van der Waals surface area contributed by atoms with Crippen molar-refractivity contribution in [3.63, 3.8) is 0 Å². The molecule has 12 heteroatoms. The summed E-state index contributed by atoms with van der Waals surface area (Å²) in [7, 11) is 1.64. The zero-order chi connectivity index (χ0) is 38.0. The summed E-state index contributed by atoms with van der Waals surface area (Å²) >= 11 is 0. The van der Waals surface area contributed by atoms with Crippen LogP contribution in [-0.2, 0) is 28.8 Å². The number of carbonyl (C=O) groups is 5. The lowest BCUT2D eigenvalue weighted by atomic mass is 9.84. The summed E-state index contributed by atoms with van der Waals surface area (Å²) < 4.78 is 5.56. The Kier molecular flexibility index (Phi) is 11.7. The second-order valence-electron chi connectivity index (χ2n) is 17.0. The van der Waals surface area contributed by atoms with Gasteiger partial charge in [0, 0.05) is 30.9 Å². The number of oxime groups is 1. The molecular formula is C40H59N5O7. The van der Waals surface area contributed by atoms with E-state index in [2.05, 4.69) is 21.1 Å². The number of benzene rings is 1. The van der Waals surface area contributed by atoms with Gasteiger partial charge in [0.15, 0.2) is 5.60 Å². The van der Waals surface area contributed by atoms with E-state index in [1.165, 1.54) is 11.3 Å². The van der Waals surface area contributed by atoms with Gasteiger partial charge in [0.1, 0.15) is 23.4 Å². The van der Waals surface area contributed by atoms with Crippen LogP contribution >= 0.6 is 0 Å². The topological polar surface area (TPSA) is 156 Å². The number of ether oxygens (including phenoxy) is 1. The van der Waals surface area contributed by atoms with Gasteiger partial charge in [-0.15, -0.1) is 0 Å². The van der Waals surface area contributed by atoms with Gasteiger partial charge < -0.3 is 30.4 Å². The Bertz CT molecular complexity index is 1570. The van der Waals surface area contributed by atoms with Gasteiger partial charge in [-0.25, -0.2) is 0 Å². The van der Waals surface area contributed by atoms with Gasteiger partial charge in [0.25, 0.3) is 5.91 Å². The van der Waals surface area contributed by atoms with Crippen molar-refractivity contribution in [3.8, 4) is 5.75 Å². The third-order valence-corrected chi connectivity index (χ3v) is 11.2. The Balaban J connectivity index is 1.43. The Morgan fingerprint density at radius 1 is 1.02 bits per heavy atom. The van der Waals surface area contributed by atoms with Gasteiger partial charge in [-0.05, 0) is 87.5 Å². The predicted molar refractivity (Wildman–Crippen MR) is 198 cm³/mol. The molecule has 4 atom stereocenters. The molecule has 286 valence electrons. The molecule has 1 saturated heterocycles. The molecule has 52 heavy (non-hydrogen) atoms. The minimum absolute atomic E-state index is 0.0181. The van der Waals surface area contributed by atoms with E-state index in [0.717, 1.165) is 61.0 Å². The molecule has 3 N–H and O–H groups in total. The highest BCUT2D eigenvalue weighted by atomic mass is 16.7. The molecule has 3 fully saturated rings. The lowest BCUT2D eigenvalue weighted by molar-refractivity contribution is -0.147. The quantitative estimate of drug-likeness (QED) is 0.247. The van der Waals surface area contributed by atoms with Crippen molar-refractivity contribution in [2.24, 2.45) is 16.5 Å². The number of amides is 4. The number of likely N-dealkylation sites (tertiary alicyclic amines) is 1. The van der Waals surface area contributed by atoms with E-state index in [-0.39, 0.29) is 37.3 Å². The highest BCUT2D eigenvalue weighted by molar-refractivity contribution is 6.40. The monoisotopic (exact) mass is 721 g/mol. The molecule has 2 saturated carbocycles. The number of rotatable bonds is 13. The van der Waals surface area contributed by atoms with Crippen LogP contribution in [0.2, 0.25) is 0 Å². The van der Waals surface area contributed by atoms with Gasteiger partial charge in [-0.2, -0.15) is 0 Å². The van der Waals surface area contributed by atoms with Crippen LogP contribution in [0.15, 0.2) is 17.3 Å². The lowest BCUT2D eigenvalue weighted by Crippen LogP contribution is -2.62. The fourth-order valence-electron chi connectivity index (χ4n) is 8.23. The first-order valence-corrected chi connectivity index (χ1v) is 19.2. The van der Waals surface area contributed by atoms with Crippen molar-refractivity contribution in [1.29, 1.82) is 0 Å². The van der Waals surface area contributed by atoms with E-state index < -0.39 is 52.1 Å². The van der Waals surface area contributed by atoms with E-state index in [0.29, 0.717) is 25.0 Å². The molecule has 0 aromatic heterocycles. The van der Waals surface area contributed by atoms with Crippen LogP contribution in [0, 0.1) is 25.2 Å². The molecule has 0 bridgehead atoms. The molecule has 1 aromatic carbocycles. The predicted octanol–water partition coefficient (Wildman–Crippen LogP) is 4.80. The Morgan fingerprint density at radius 2 is 1.67 bits per heavy atom. The first kappa shape index (κ1) is 39.3. The van der Waals surface area contributed by atoms with E-state index in [1.54, 1.807) is 14.0 Å². The molecule has 4 aliphatic rings. The smallest absolute Gasteiger partial charge is 0.290 e. The van der Waals surface area contributed by atoms with Crippen molar-refractivity contribution >= 4 is 35.1 Å². The first-order chi connectivity index (χ1) is 24.5. The summed E-state index contributed by atoms with van der Waals surface area (Å²) in [6, 6.07) is 1.99. The third kappa shape index (κ3) is 8.80. The molecule has 2 aliphatic carbocycles. The maximum atomic E-state index is 14.7. The lowest BCUT2D eigenvalue weighted by Gasteiger charge is -2.37. The van der Waals surface area contributed by atoms with Gasteiger partial charge in [0.2, 0.25) is 23.5 Å². The normalized spacial score (nSPS) is 23.7. The maximum Gasteiger partial charge on any atom is 0.290 e. The number of ketones is 1. The van der Waals surface area contributed by atoms with Crippen molar-refractivity contribution in [3.05, 3.63) is 28.8 Å². The fourth-order valence-corrected chi connectivity index (χ4v) is 8.23. The Hall–Kier alpha value is -3.96. The molecule has 2 heterocycles. The zero-order valence-corrected chi connectivity index (χ0v) is 32.4. The summed E-state index contributed by atoms with van der Waals surface area (Å²) in [5.41, 5.74) is 0.275. The van der Waals surface area contributed by atoms with Gasteiger partial charge in [-0.1, -0.05) is 58.5 Å². The molecule has 1 spiro atoms. The minimum atomic E-state index is -1.48.